The van der Waals surface area contributed by atoms with E-state index in [0.29, 0.717) is 5.75 Å². The van der Waals surface area contributed by atoms with Crippen molar-refractivity contribution in [1.29, 1.82) is 0 Å². The summed E-state index contributed by atoms with van der Waals surface area (Å²) in [6.45, 7) is 3.31. The highest BCUT2D eigenvalue weighted by molar-refractivity contribution is 7.93. The summed E-state index contributed by atoms with van der Waals surface area (Å²) in [5, 5.41) is -0.654. The lowest BCUT2D eigenvalue weighted by Crippen LogP contribution is -2.39. The molecular weight excluding hydrogens is 317 g/mol. The third-order valence-electron chi connectivity index (χ3n) is 3.33. The maximum atomic E-state index is 14.0. The summed E-state index contributed by atoms with van der Waals surface area (Å²) in [5.74, 6) is 0.0689. The van der Waals surface area contributed by atoms with Gasteiger partial charge in [0.1, 0.15) is 18.2 Å². The molecule has 23 heavy (non-hydrogen) atoms. The first-order valence-electron chi connectivity index (χ1n) is 7.37. The van der Waals surface area contributed by atoms with Crippen LogP contribution in [0.15, 0.2) is 54.6 Å². The summed E-state index contributed by atoms with van der Waals surface area (Å²) in [5.41, 5.74) is 0.0397. The van der Waals surface area contributed by atoms with Gasteiger partial charge in [-0.3, -0.25) is 4.31 Å². The van der Waals surface area contributed by atoms with Gasteiger partial charge in [-0.1, -0.05) is 30.3 Å². The number of para-hydroxylation sites is 2. The molecule has 6 heteroatoms. The van der Waals surface area contributed by atoms with Crippen molar-refractivity contribution >= 4 is 15.7 Å². The molecule has 0 heterocycles. The molecule has 0 spiro atoms. The predicted octanol–water partition coefficient (Wildman–Crippen LogP) is 3.45. The fraction of sp³-hybridized carbons (Fsp3) is 0.294. The second-order valence-electron chi connectivity index (χ2n) is 5.28. The Balaban J connectivity index is 2.20. The van der Waals surface area contributed by atoms with Gasteiger partial charge in [0.05, 0.1) is 17.5 Å². The van der Waals surface area contributed by atoms with Crippen LogP contribution in [-0.2, 0) is 10.0 Å². The van der Waals surface area contributed by atoms with Crippen LogP contribution in [0.5, 0.6) is 5.75 Å². The van der Waals surface area contributed by atoms with Crippen LogP contribution in [0, 0.1) is 5.82 Å². The fourth-order valence-corrected chi connectivity index (χ4v) is 3.32. The predicted molar refractivity (Wildman–Crippen MR) is 89.7 cm³/mol. The van der Waals surface area contributed by atoms with Crippen molar-refractivity contribution in [2.24, 2.45) is 0 Å². The summed E-state index contributed by atoms with van der Waals surface area (Å²) in [6.07, 6.45) is 0. The molecule has 0 unspecified atom stereocenters. The quantitative estimate of drug-likeness (QED) is 0.777. The fourth-order valence-electron chi connectivity index (χ4n) is 2.06. The Kier molecular flexibility index (Phi) is 5.60. The molecule has 0 N–H and O–H groups in total. The van der Waals surface area contributed by atoms with Crippen molar-refractivity contribution in [2.45, 2.75) is 19.1 Å². The Bertz CT molecular complexity index is 733. The first-order valence-corrected chi connectivity index (χ1v) is 8.87. The van der Waals surface area contributed by atoms with Crippen molar-refractivity contribution in [2.75, 3.05) is 17.5 Å². The topological polar surface area (TPSA) is 46.6 Å². The number of ether oxygens (including phenoxy) is 1. The molecule has 2 aromatic carbocycles. The van der Waals surface area contributed by atoms with Crippen LogP contribution in [0.1, 0.15) is 13.8 Å². The molecule has 2 aromatic rings. The van der Waals surface area contributed by atoms with E-state index in [0.717, 1.165) is 4.31 Å². The van der Waals surface area contributed by atoms with Crippen molar-refractivity contribution in [1.82, 2.24) is 0 Å². The van der Waals surface area contributed by atoms with E-state index in [4.69, 9.17) is 4.74 Å². The second kappa shape index (κ2) is 7.46. The standard InChI is InChI=1S/C17H20FNO3S/c1-14(2)23(20,21)19(17-11-7-6-10-16(17)18)12-13-22-15-8-4-3-5-9-15/h3-11,14H,12-13H2,1-2H3. The van der Waals surface area contributed by atoms with Gasteiger partial charge in [-0.05, 0) is 38.1 Å². The summed E-state index contributed by atoms with van der Waals surface area (Å²) < 4.78 is 45.7. The Hall–Kier alpha value is -2.08. The Morgan fingerprint density at radius 1 is 1.04 bits per heavy atom. The van der Waals surface area contributed by atoms with E-state index in [9.17, 15) is 12.8 Å². The molecule has 0 atom stereocenters. The summed E-state index contributed by atoms with van der Waals surface area (Å²) in [7, 11) is -3.66. The zero-order valence-electron chi connectivity index (χ0n) is 13.1. The molecule has 0 aliphatic rings. The van der Waals surface area contributed by atoms with Crippen molar-refractivity contribution in [3.63, 3.8) is 0 Å². The molecule has 0 amide bonds. The van der Waals surface area contributed by atoms with Crippen molar-refractivity contribution in [3.8, 4) is 5.75 Å². The van der Waals surface area contributed by atoms with Crippen LogP contribution in [-0.4, -0.2) is 26.8 Å². The van der Waals surface area contributed by atoms with Crippen molar-refractivity contribution < 1.29 is 17.5 Å². The highest BCUT2D eigenvalue weighted by Gasteiger charge is 2.27. The molecule has 0 aliphatic carbocycles. The van der Waals surface area contributed by atoms with Crippen LogP contribution in [0.25, 0.3) is 0 Å². The summed E-state index contributed by atoms with van der Waals surface area (Å²) in [4.78, 5) is 0. The highest BCUT2D eigenvalue weighted by atomic mass is 32.2. The number of sulfonamides is 1. The third-order valence-corrected chi connectivity index (χ3v) is 5.52. The largest absolute Gasteiger partial charge is 0.492 e. The van der Waals surface area contributed by atoms with Crippen LogP contribution in [0.4, 0.5) is 10.1 Å². The second-order valence-corrected chi connectivity index (χ2v) is 7.69. The lowest BCUT2D eigenvalue weighted by atomic mass is 10.3. The monoisotopic (exact) mass is 337 g/mol. The molecule has 0 bridgehead atoms. The third kappa shape index (κ3) is 4.22. The minimum atomic E-state index is -3.66. The molecule has 4 nitrogen and oxygen atoms in total. The van der Waals surface area contributed by atoms with E-state index in [1.165, 1.54) is 18.2 Å². The van der Waals surface area contributed by atoms with Crippen LogP contribution in [0.3, 0.4) is 0 Å². The van der Waals surface area contributed by atoms with Crippen LogP contribution in [0.2, 0.25) is 0 Å². The van der Waals surface area contributed by atoms with E-state index >= 15 is 0 Å². The lowest BCUT2D eigenvalue weighted by molar-refractivity contribution is 0.328. The lowest BCUT2D eigenvalue weighted by Gasteiger charge is -2.26. The van der Waals surface area contributed by atoms with Gasteiger partial charge in [0.25, 0.3) is 0 Å². The van der Waals surface area contributed by atoms with Gasteiger partial charge in [-0.2, -0.15) is 0 Å². The SMILES string of the molecule is CC(C)S(=O)(=O)N(CCOc1ccccc1)c1ccccc1F. The molecule has 0 aliphatic heterocycles. The molecule has 124 valence electrons. The molecule has 0 fully saturated rings. The number of anilines is 1. The normalized spacial score (nSPS) is 11.5. The Morgan fingerprint density at radius 2 is 1.65 bits per heavy atom. The van der Waals surface area contributed by atoms with Crippen LogP contribution >= 0.6 is 0 Å². The van der Waals surface area contributed by atoms with E-state index in [2.05, 4.69) is 0 Å². The molecule has 0 aromatic heterocycles. The van der Waals surface area contributed by atoms with Gasteiger partial charge in [-0.25, -0.2) is 12.8 Å². The minimum absolute atomic E-state index is 0.0380. The Morgan fingerprint density at radius 3 is 2.26 bits per heavy atom. The van der Waals surface area contributed by atoms with Crippen molar-refractivity contribution in [3.05, 3.63) is 60.4 Å². The first-order chi connectivity index (χ1) is 10.9. The smallest absolute Gasteiger partial charge is 0.237 e. The van der Waals surface area contributed by atoms with E-state index < -0.39 is 21.1 Å². The first kappa shape index (κ1) is 17.3. The van der Waals surface area contributed by atoms with Gasteiger partial charge in [-0.15, -0.1) is 0 Å². The average molecular weight is 337 g/mol. The van der Waals surface area contributed by atoms with E-state index in [1.54, 1.807) is 32.0 Å². The zero-order valence-corrected chi connectivity index (χ0v) is 14.0. The van der Waals surface area contributed by atoms with E-state index in [1.807, 2.05) is 18.2 Å². The Labute approximate surface area is 136 Å². The maximum absolute atomic E-state index is 14.0. The van der Waals surface area contributed by atoms with Gasteiger partial charge < -0.3 is 4.74 Å². The number of halogens is 1. The van der Waals surface area contributed by atoms with Gasteiger partial charge >= 0.3 is 0 Å². The van der Waals surface area contributed by atoms with Gasteiger partial charge in [0.15, 0.2) is 0 Å². The molecule has 2 rings (SSSR count). The minimum Gasteiger partial charge on any atom is -0.492 e. The number of nitrogens with zero attached hydrogens (tertiary/aromatic N) is 1. The molecular formula is C17H20FNO3S. The molecule has 0 saturated heterocycles. The molecule has 0 radical (unpaired) electrons. The summed E-state index contributed by atoms with van der Waals surface area (Å²) >= 11 is 0. The van der Waals surface area contributed by atoms with Crippen LogP contribution < -0.4 is 9.04 Å². The number of rotatable bonds is 7. The highest BCUT2D eigenvalue weighted by Crippen LogP contribution is 2.24. The van der Waals surface area contributed by atoms with Gasteiger partial charge in [0, 0.05) is 0 Å². The molecule has 0 saturated carbocycles. The van der Waals surface area contributed by atoms with Gasteiger partial charge in [0.2, 0.25) is 10.0 Å². The number of hydrogen-bond acceptors (Lipinski definition) is 3. The number of benzene rings is 2. The average Bonchev–Trinajstić information content (AvgIpc) is 2.53. The summed E-state index contributed by atoms with van der Waals surface area (Å²) in [6, 6.07) is 14.9. The number of hydrogen-bond donors (Lipinski definition) is 0. The zero-order chi connectivity index (χ0) is 16.9. The van der Waals surface area contributed by atoms with E-state index in [-0.39, 0.29) is 18.8 Å². The maximum Gasteiger partial charge on any atom is 0.237 e.